The molecule has 0 atom stereocenters. The van der Waals surface area contributed by atoms with E-state index in [9.17, 15) is 0 Å². The summed E-state index contributed by atoms with van der Waals surface area (Å²) >= 11 is 0. The molecule has 0 amide bonds. The van der Waals surface area contributed by atoms with E-state index < -0.39 is 0 Å². The minimum absolute atomic E-state index is 0.690. The van der Waals surface area contributed by atoms with Gasteiger partial charge in [-0.3, -0.25) is 0 Å². The van der Waals surface area contributed by atoms with Crippen molar-refractivity contribution in [2.24, 2.45) is 0 Å². The molecule has 2 aromatic rings. The van der Waals surface area contributed by atoms with E-state index in [1.807, 2.05) is 11.4 Å². The van der Waals surface area contributed by atoms with Crippen molar-refractivity contribution in [3.63, 3.8) is 0 Å². The largest absolute Gasteiger partial charge is 0.355 e. The molecule has 0 saturated carbocycles. The van der Waals surface area contributed by atoms with Crippen LogP contribution in [0.5, 0.6) is 0 Å². The van der Waals surface area contributed by atoms with Crippen molar-refractivity contribution < 1.29 is 0 Å². The Labute approximate surface area is 119 Å². The van der Waals surface area contributed by atoms with Gasteiger partial charge in [0.15, 0.2) is 0 Å². The van der Waals surface area contributed by atoms with Crippen LogP contribution in [0.2, 0.25) is 0 Å². The van der Waals surface area contributed by atoms with Gasteiger partial charge in [0.2, 0.25) is 0 Å². The monoisotopic (exact) mass is 274 g/mol. The summed E-state index contributed by atoms with van der Waals surface area (Å²) in [6.07, 6.45) is 3.99. The molecular weight excluding hydrogens is 252 g/mol. The molecule has 0 radical (unpaired) electrons. The van der Waals surface area contributed by atoms with Gasteiger partial charge < -0.3 is 9.80 Å². The van der Waals surface area contributed by atoms with Crippen LogP contribution in [-0.2, 0) is 0 Å². The number of nitrogens with zero attached hydrogens (tertiary/aromatic N) is 6. The number of rotatable bonds is 3. The van der Waals surface area contributed by atoms with E-state index in [-0.39, 0.29) is 0 Å². The van der Waals surface area contributed by atoms with Gasteiger partial charge in [-0.1, -0.05) is 6.92 Å². The molecule has 1 fully saturated rings. The zero-order valence-corrected chi connectivity index (χ0v) is 12.3. The number of fused-ring (bicyclic) bond motifs is 1. The Morgan fingerprint density at radius 3 is 2.95 bits per heavy atom. The molecule has 0 spiro atoms. The van der Waals surface area contributed by atoms with E-state index in [4.69, 9.17) is 0 Å². The molecule has 0 unspecified atom stereocenters. The highest BCUT2D eigenvalue weighted by Crippen LogP contribution is 2.18. The lowest BCUT2D eigenvalue weighted by Crippen LogP contribution is -2.32. The number of anilines is 1. The van der Waals surface area contributed by atoms with Gasteiger partial charge in [-0.2, -0.15) is 14.6 Å². The van der Waals surface area contributed by atoms with Gasteiger partial charge in [-0.05, 0) is 32.9 Å². The highest BCUT2D eigenvalue weighted by atomic mass is 15.4. The lowest BCUT2D eigenvalue weighted by molar-refractivity contribution is 0.294. The van der Waals surface area contributed by atoms with Crippen molar-refractivity contribution in [1.29, 1.82) is 0 Å². The van der Waals surface area contributed by atoms with Crippen LogP contribution >= 0.6 is 0 Å². The molecule has 6 nitrogen and oxygen atoms in total. The molecule has 2 aromatic heterocycles. The maximum atomic E-state index is 4.41. The van der Waals surface area contributed by atoms with Crippen molar-refractivity contribution in [2.75, 3.05) is 37.6 Å². The summed E-state index contributed by atoms with van der Waals surface area (Å²) in [5.74, 6) is 1.80. The third kappa shape index (κ3) is 2.60. The smallest absolute Gasteiger partial charge is 0.254 e. The number of aryl methyl sites for hydroxylation is 1. The third-order valence-electron chi connectivity index (χ3n) is 3.81. The zero-order chi connectivity index (χ0) is 13.9. The highest BCUT2D eigenvalue weighted by molar-refractivity contribution is 5.47. The SMILES string of the molecule is CCCN1CCCN(c2cc(C)nc3ncnn23)CC1. The van der Waals surface area contributed by atoms with Crippen LogP contribution in [0.3, 0.4) is 0 Å². The second kappa shape index (κ2) is 5.75. The zero-order valence-electron chi connectivity index (χ0n) is 12.3. The molecule has 6 heteroatoms. The number of hydrogen-bond donors (Lipinski definition) is 0. The summed E-state index contributed by atoms with van der Waals surface area (Å²) in [5, 5.41) is 4.31. The molecular formula is C14H22N6. The van der Waals surface area contributed by atoms with E-state index in [2.05, 4.69) is 37.9 Å². The molecule has 3 heterocycles. The normalized spacial score (nSPS) is 17.6. The average molecular weight is 274 g/mol. The van der Waals surface area contributed by atoms with Crippen LogP contribution in [0.4, 0.5) is 5.82 Å². The second-order valence-electron chi connectivity index (χ2n) is 5.41. The fraction of sp³-hybridized carbons (Fsp3) is 0.643. The molecule has 1 aliphatic heterocycles. The average Bonchev–Trinajstić information content (AvgIpc) is 2.77. The van der Waals surface area contributed by atoms with Gasteiger partial charge in [0.25, 0.3) is 5.78 Å². The molecule has 0 aliphatic carbocycles. The van der Waals surface area contributed by atoms with Crippen molar-refractivity contribution in [3.8, 4) is 0 Å². The maximum absolute atomic E-state index is 4.41. The lowest BCUT2D eigenvalue weighted by Gasteiger charge is -2.23. The molecule has 0 aromatic carbocycles. The molecule has 0 N–H and O–H groups in total. The van der Waals surface area contributed by atoms with Gasteiger partial charge in [0.1, 0.15) is 12.1 Å². The van der Waals surface area contributed by atoms with E-state index in [1.165, 1.54) is 25.9 Å². The van der Waals surface area contributed by atoms with Gasteiger partial charge in [0, 0.05) is 31.4 Å². The fourth-order valence-electron chi connectivity index (χ4n) is 2.88. The molecule has 1 aliphatic rings. The summed E-state index contributed by atoms with van der Waals surface area (Å²) in [5.41, 5.74) is 0.996. The third-order valence-corrected chi connectivity index (χ3v) is 3.81. The first kappa shape index (κ1) is 13.3. The first-order valence-electron chi connectivity index (χ1n) is 7.42. The van der Waals surface area contributed by atoms with Gasteiger partial charge in [0.05, 0.1) is 0 Å². The van der Waals surface area contributed by atoms with Crippen LogP contribution in [0.15, 0.2) is 12.4 Å². The van der Waals surface area contributed by atoms with Crippen LogP contribution in [0.1, 0.15) is 25.5 Å². The Bertz CT molecular complexity index is 578. The Morgan fingerprint density at radius 2 is 2.10 bits per heavy atom. The molecule has 3 rings (SSSR count). The summed E-state index contributed by atoms with van der Waals surface area (Å²) in [4.78, 5) is 13.6. The second-order valence-corrected chi connectivity index (χ2v) is 5.41. The summed E-state index contributed by atoms with van der Waals surface area (Å²) in [6.45, 7) is 9.87. The lowest BCUT2D eigenvalue weighted by atomic mass is 10.3. The minimum atomic E-state index is 0.690. The summed E-state index contributed by atoms with van der Waals surface area (Å²) < 4.78 is 1.85. The van der Waals surface area contributed by atoms with E-state index in [0.29, 0.717) is 5.78 Å². The van der Waals surface area contributed by atoms with Crippen molar-refractivity contribution in [3.05, 3.63) is 18.1 Å². The van der Waals surface area contributed by atoms with Gasteiger partial charge >= 0.3 is 0 Å². The maximum Gasteiger partial charge on any atom is 0.254 e. The quantitative estimate of drug-likeness (QED) is 0.845. The summed E-state index contributed by atoms with van der Waals surface area (Å²) in [6, 6.07) is 2.11. The van der Waals surface area contributed by atoms with Crippen LogP contribution < -0.4 is 4.90 Å². The van der Waals surface area contributed by atoms with Crippen molar-refractivity contribution >= 4 is 11.6 Å². The predicted molar refractivity (Wildman–Crippen MR) is 79.1 cm³/mol. The van der Waals surface area contributed by atoms with Crippen molar-refractivity contribution in [2.45, 2.75) is 26.7 Å². The van der Waals surface area contributed by atoms with E-state index in [1.54, 1.807) is 6.33 Å². The molecule has 20 heavy (non-hydrogen) atoms. The molecule has 1 saturated heterocycles. The van der Waals surface area contributed by atoms with Crippen LogP contribution in [0.25, 0.3) is 5.78 Å². The fourth-order valence-corrected chi connectivity index (χ4v) is 2.88. The number of hydrogen-bond acceptors (Lipinski definition) is 5. The Kier molecular flexibility index (Phi) is 3.82. The van der Waals surface area contributed by atoms with Gasteiger partial charge in [-0.25, -0.2) is 4.98 Å². The minimum Gasteiger partial charge on any atom is -0.355 e. The van der Waals surface area contributed by atoms with Gasteiger partial charge in [-0.15, -0.1) is 0 Å². The Balaban J connectivity index is 1.85. The Hall–Kier alpha value is -1.69. The van der Waals surface area contributed by atoms with E-state index in [0.717, 1.165) is 31.1 Å². The Morgan fingerprint density at radius 1 is 1.20 bits per heavy atom. The van der Waals surface area contributed by atoms with Crippen LogP contribution in [0, 0.1) is 6.92 Å². The predicted octanol–water partition coefficient (Wildman–Crippen LogP) is 1.35. The summed E-state index contributed by atoms with van der Waals surface area (Å²) in [7, 11) is 0. The first-order chi connectivity index (χ1) is 9.78. The van der Waals surface area contributed by atoms with Crippen LogP contribution in [-0.4, -0.2) is 57.2 Å². The standard InChI is InChI=1S/C14H22N6/c1-3-5-18-6-4-7-19(9-8-18)13-10-12(2)17-14-15-11-16-20(13)14/h10-11H,3-9H2,1-2H3. The molecule has 0 bridgehead atoms. The highest BCUT2D eigenvalue weighted by Gasteiger charge is 2.17. The molecule has 108 valence electrons. The van der Waals surface area contributed by atoms with Crippen molar-refractivity contribution in [1.82, 2.24) is 24.5 Å². The van der Waals surface area contributed by atoms with E-state index >= 15 is 0 Å². The number of aromatic nitrogens is 4. The topological polar surface area (TPSA) is 49.6 Å². The first-order valence-corrected chi connectivity index (χ1v) is 7.42.